The Kier molecular flexibility index (Phi) is 5.73. The second-order valence-electron chi connectivity index (χ2n) is 8.63. The summed E-state index contributed by atoms with van der Waals surface area (Å²) in [5.74, 6) is 0.662. The van der Waals surface area contributed by atoms with E-state index in [4.69, 9.17) is 21.7 Å². The Morgan fingerprint density at radius 3 is 2.53 bits per heavy atom. The Morgan fingerprint density at radius 2 is 1.85 bits per heavy atom. The van der Waals surface area contributed by atoms with Crippen LogP contribution in [0.2, 0.25) is 0 Å². The van der Waals surface area contributed by atoms with Crippen LogP contribution in [0.1, 0.15) is 24.1 Å². The first-order valence-corrected chi connectivity index (χ1v) is 12.1. The fourth-order valence-electron chi connectivity index (χ4n) is 4.73. The molecule has 3 aromatic carbocycles. The van der Waals surface area contributed by atoms with Crippen LogP contribution < -0.4 is 25.0 Å². The van der Waals surface area contributed by atoms with E-state index in [0.717, 1.165) is 32.8 Å². The van der Waals surface area contributed by atoms with E-state index < -0.39 is 11.6 Å². The Hall–Kier alpha value is -3.10. The lowest BCUT2D eigenvalue weighted by Crippen LogP contribution is -2.72. The first-order chi connectivity index (χ1) is 16.3. The summed E-state index contributed by atoms with van der Waals surface area (Å²) >= 11 is 9.35. The lowest BCUT2D eigenvalue weighted by molar-refractivity contribution is -0.130. The molecular formula is C26H24BrN3O3S. The number of ether oxygens (including phenoxy) is 2. The highest BCUT2D eigenvalue weighted by Crippen LogP contribution is 2.50. The number of anilines is 2. The number of nitrogens with zero attached hydrogens (tertiary/aromatic N) is 1. The molecule has 8 heteroatoms. The van der Waals surface area contributed by atoms with Crippen LogP contribution in [0.25, 0.3) is 0 Å². The molecule has 1 amide bonds. The highest BCUT2D eigenvalue weighted by molar-refractivity contribution is 9.10. The second-order valence-corrected chi connectivity index (χ2v) is 9.93. The number of hydrogen-bond donors (Lipinski definition) is 2. The van der Waals surface area contributed by atoms with Crippen molar-refractivity contribution in [1.29, 1.82) is 0 Å². The smallest absolute Gasteiger partial charge is 0.236 e. The van der Waals surface area contributed by atoms with E-state index in [1.54, 1.807) is 7.11 Å². The van der Waals surface area contributed by atoms with Crippen molar-refractivity contribution in [1.82, 2.24) is 5.32 Å². The average Bonchev–Trinajstić information content (AvgIpc) is 2.81. The van der Waals surface area contributed by atoms with Gasteiger partial charge in [-0.25, -0.2) is 0 Å². The highest BCUT2D eigenvalue weighted by atomic mass is 79.9. The molecular weight excluding hydrogens is 514 g/mol. The van der Waals surface area contributed by atoms with Crippen LogP contribution in [0.4, 0.5) is 11.4 Å². The minimum Gasteiger partial charge on any atom is -0.497 e. The number of aryl methyl sites for hydroxylation is 1. The van der Waals surface area contributed by atoms with Crippen LogP contribution in [0.15, 0.2) is 71.2 Å². The zero-order valence-electron chi connectivity index (χ0n) is 19.0. The molecule has 2 aliphatic heterocycles. The lowest BCUT2D eigenvalue weighted by Gasteiger charge is -2.56. The largest absolute Gasteiger partial charge is 0.497 e. The second kappa shape index (κ2) is 8.60. The van der Waals surface area contributed by atoms with Crippen LogP contribution in [0.5, 0.6) is 11.5 Å². The van der Waals surface area contributed by atoms with Crippen molar-refractivity contribution in [2.24, 2.45) is 5.92 Å². The van der Waals surface area contributed by atoms with Gasteiger partial charge in [0, 0.05) is 21.4 Å². The summed E-state index contributed by atoms with van der Waals surface area (Å²) in [6.07, 6.45) is 0. The first kappa shape index (κ1) is 22.7. The number of rotatable bonds is 4. The van der Waals surface area contributed by atoms with Gasteiger partial charge in [-0.15, -0.1) is 0 Å². The summed E-state index contributed by atoms with van der Waals surface area (Å²) in [7, 11) is 1.61. The molecule has 6 nitrogen and oxygen atoms in total. The molecule has 0 unspecified atom stereocenters. The van der Waals surface area contributed by atoms with E-state index >= 15 is 0 Å². The molecule has 0 spiro atoms. The third kappa shape index (κ3) is 3.80. The van der Waals surface area contributed by atoms with E-state index in [9.17, 15) is 4.79 Å². The van der Waals surface area contributed by atoms with Crippen LogP contribution in [0, 0.1) is 12.8 Å². The van der Waals surface area contributed by atoms with Gasteiger partial charge in [-0.3, -0.25) is 9.69 Å². The summed E-state index contributed by atoms with van der Waals surface area (Å²) in [4.78, 5) is 15.7. The number of methoxy groups -OCH3 is 1. The van der Waals surface area contributed by atoms with Gasteiger partial charge in [0.05, 0.1) is 13.2 Å². The van der Waals surface area contributed by atoms with E-state index in [1.807, 2.05) is 85.5 Å². The average molecular weight is 538 g/mol. The van der Waals surface area contributed by atoms with Crippen molar-refractivity contribution >= 4 is 50.5 Å². The molecule has 5 rings (SSSR count). The van der Waals surface area contributed by atoms with E-state index in [2.05, 4.69) is 26.6 Å². The Morgan fingerprint density at radius 1 is 1.15 bits per heavy atom. The molecule has 3 aromatic rings. The van der Waals surface area contributed by atoms with Crippen LogP contribution in [0.3, 0.4) is 0 Å². The van der Waals surface area contributed by atoms with Crippen LogP contribution in [-0.4, -0.2) is 23.9 Å². The summed E-state index contributed by atoms with van der Waals surface area (Å²) in [6.45, 7) is 3.96. The third-order valence-corrected chi connectivity index (χ3v) is 7.19. The minimum atomic E-state index is -1.06. The fraction of sp³-hybridized carbons (Fsp3) is 0.231. The standard InChI is InChI=1S/C26H24BrN3O3S/c1-15-4-9-18(10-5-15)30-25(34)29-23-20-14-16(27)6-13-21(20)33-26(30,2)22(23)24(31)28-17-7-11-19(32-3)12-8-17/h4-14,22-23H,1-3H3,(H,28,31)(H,29,34)/t22-,23+,26-/m0/s1. The maximum Gasteiger partial charge on any atom is 0.236 e. The zero-order valence-corrected chi connectivity index (χ0v) is 21.4. The molecule has 2 bridgehead atoms. The van der Waals surface area contributed by atoms with Crippen molar-refractivity contribution in [3.05, 3.63) is 82.3 Å². The maximum atomic E-state index is 13.8. The summed E-state index contributed by atoms with van der Waals surface area (Å²) in [6, 6.07) is 20.8. The monoisotopic (exact) mass is 537 g/mol. The Balaban J connectivity index is 1.59. The van der Waals surface area contributed by atoms with Gasteiger partial charge in [0.2, 0.25) is 5.91 Å². The number of carbonyl (C=O) groups excluding carboxylic acids is 1. The SMILES string of the molecule is COc1ccc(NC(=O)[C@@H]2[C@@H]3NC(=S)N(c4ccc(C)cc4)[C@@]2(C)Oc2ccc(Br)cc23)cc1. The van der Waals surface area contributed by atoms with Gasteiger partial charge in [-0.2, -0.15) is 0 Å². The topological polar surface area (TPSA) is 62.8 Å². The number of halogens is 1. The van der Waals surface area contributed by atoms with Gasteiger partial charge in [0.1, 0.15) is 17.4 Å². The first-order valence-electron chi connectivity index (χ1n) is 10.9. The normalized spacial score (nSPS) is 22.8. The highest BCUT2D eigenvalue weighted by Gasteiger charge is 2.59. The van der Waals surface area contributed by atoms with Gasteiger partial charge >= 0.3 is 0 Å². The van der Waals surface area contributed by atoms with E-state index in [0.29, 0.717) is 10.8 Å². The number of hydrogen-bond acceptors (Lipinski definition) is 4. The number of carbonyl (C=O) groups is 1. The van der Waals surface area contributed by atoms with E-state index in [1.165, 1.54) is 0 Å². The maximum absolute atomic E-state index is 13.8. The molecule has 2 N–H and O–H groups in total. The molecule has 1 saturated heterocycles. The van der Waals surface area contributed by atoms with Crippen LogP contribution >= 0.6 is 28.1 Å². The molecule has 1 fully saturated rings. The molecule has 0 saturated carbocycles. The zero-order chi connectivity index (χ0) is 24.0. The predicted molar refractivity (Wildman–Crippen MR) is 140 cm³/mol. The molecule has 0 aromatic heterocycles. The van der Waals surface area contributed by atoms with Gasteiger partial charge < -0.3 is 20.1 Å². The fourth-order valence-corrected chi connectivity index (χ4v) is 5.52. The number of amides is 1. The Labute approximate surface area is 212 Å². The van der Waals surface area contributed by atoms with Crippen molar-refractivity contribution in [3.63, 3.8) is 0 Å². The number of fused-ring (bicyclic) bond motifs is 4. The predicted octanol–water partition coefficient (Wildman–Crippen LogP) is 5.57. The van der Waals surface area contributed by atoms with E-state index in [-0.39, 0.29) is 11.9 Å². The molecule has 0 radical (unpaired) electrons. The quantitative estimate of drug-likeness (QED) is 0.424. The van der Waals surface area contributed by atoms with Gasteiger partial charge in [0.25, 0.3) is 0 Å². The molecule has 2 aliphatic rings. The summed E-state index contributed by atoms with van der Waals surface area (Å²) in [5.41, 5.74) is 2.49. The van der Waals surface area contributed by atoms with Gasteiger partial charge in [-0.1, -0.05) is 33.6 Å². The third-order valence-electron chi connectivity index (χ3n) is 6.39. The summed E-state index contributed by atoms with van der Waals surface area (Å²) < 4.78 is 12.8. The Bertz CT molecular complexity index is 1270. The van der Waals surface area contributed by atoms with Crippen molar-refractivity contribution in [2.45, 2.75) is 25.6 Å². The minimum absolute atomic E-state index is 0.171. The van der Waals surface area contributed by atoms with Crippen molar-refractivity contribution in [2.75, 3.05) is 17.3 Å². The van der Waals surface area contributed by atoms with Crippen LogP contribution in [-0.2, 0) is 4.79 Å². The van der Waals surface area contributed by atoms with Crippen molar-refractivity contribution in [3.8, 4) is 11.5 Å². The van der Waals surface area contributed by atoms with Crippen molar-refractivity contribution < 1.29 is 14.3 Å². The molecule has 34 heavy (non-hydrogen) atoms. The summed E-state index contributed by atoms with van der Waals surface area (Å²) in [5, 5.41) is 7.00. The lowest BCUT2D eigenvalue weighted by atomic mass is 9.78. The number of benzene rings is 3. The van der Waals surface area contributed by atoms with Gasteiger partial charge in [-0.05, 0) is 80.7 Å². The van der Waals surface area contributed by atoms with Gasteiger partial charge in [0.15, 0.2) is 10.8 Å². The molecule has 2 heterocycles. The molecule has 3 atom stereocenters. The number of nitrogens with one attached hydrogen (secondary N) is 2. The number of thiocarbonyl (C=S) groups is 1. The molecule has 174 valence electrons. The molecule has 0 aliphatic carbocycles.